The third-order valence-corrected chi connectivity index (χ3v) is 6.80. The van der Waals surface area contributed by atoms with Crippen LogP contribution in [0, 0.1) is 25.7 Å². The molecule has 3 aliphatic rings. The van der Waals surface area contributed by atoms with Crippen LogP contribution in [0.1, 0.15) is 40.3 Å². The summed E-state index contributed by atoms with van der Waals surface area (Å²) in [6.45, 7) is 5.07. The number of carbonyl (C=O) groups excluding carboxylic acids is 2. The summed E-state index contributed by atoms with van der Waals surface area (Å²) in [4.78, 5) is 31.5. The summed E-state index contributed by atoms with van der Waals surface area (Å²) in [6, 6.07) is 5.25. The average molecular weight is 480 g/mol. The van der Waals surface area contributed by atoms with Gasteiger partial charge in [0.1, 0.15) is 17.3 Å². The molecule has 1 aliphatic heterocycles. The zero-order valence-electron chi connectivity index (χ0n) is 20.5. The van der Waals surface area contributed by atoms with Gasteiger partial charge in [0.2, 0.25) is 5.91 Å². The number of fused-ring (bicyclic) bond motifs is 1. The van der Waals surface area contributed by atoms with Crippen molar-refractivity contribution < 1.29 is 14.0 Å². The normalized spacial score (nSPS) is 22.6. The maximum atomic E-state index is 12.8. The molecule has 1 saturated heterocycles. The first-order valence-corrected chi connectivity index (χ1v) is 12.3. The number of hydrogen-bond acceptors (Lipinski definition) is 4. The fourth-order valence-electron chi connectivity index (χ4n) is 4.97. The summed E-state index contributed by atoms with van der Waals surface area (Å²) >= 11 is 0. The van der Waals surface area contributed by atoms with E-state index in [1.54, 1.807) is 44.3 Å². The van der Waals surface area contributed by atoms with Gasteiger partial charge >= 0.3 is 0 Å². The number of likely N-dealkylation sites (tertiary alicyclic amines) is 1. The molecule has 2 unspecified atom stereocenters. The number of nitrogens with one attached hydrogen (secondary N) is 1. The van der Waals surface area contributed by atoms with Crippen molar-refractivity contribution in [2.45, 2.75) is 26.7 Å². The fraction of sp³-hybridized carbons (Fsp3) is 0.267. The maximum Gasteiger partial charge on any atom is 0.260 e. The van der Waals surface area contributed by atoms with E-state index in [0.29, 0.717) is 34.7 Å². The molecular weight excluding hydrogens is 450 g/mol. The number of carbonyl (C=O) groups is 2. The summed E-state index contributed by atoms with van der Waals surface area (Å²) in [5.74, 6) is 2.31. The van der Waals surface area contributed by atoms with E-state index >= 15 is 0 Å². The molecule has 0 bridgehead atoms. The molecule has 0 saturated carbocycles. The molecule has 182 valence electrons. The Morgan fingerprint density at radius 1 is 1.22 bits per heavy atom. The molecule has 3 heterocycles. The molecule has 2 aromatic rings. The summed E-state index contributed by atoms with van der Waals surface area (Å²) in [6.07, 6.45) is 19.7. The highest BCUT2D eigenvalue weighted by Crippen LogP contribution is 2.39. The van der Waals surface area contributed by atoms with Crippen molar-refractivity contribution in [1.82, 2.24) is 9.88 Å². The van der Waals surface area contributed by atoms with E-state index in [4.69, 9.17) is 4.42 Å². The molecule has 0 spiro atoms. The predicted molar refractivity (Wildman–Crippen MR) is 140 cm³/mol. The first-order valence-electron chi connectivity index (χ1n) is 12.3. The lowest BCUT2D eigenvalue weighted by Gasteiger charge is -2.15. The Labute approximate surface area is 211 Å². The number of rotatable bonds is 5. The van der Waals surface area contributed by atoms with Gasteiger partial charge in [0.15, 0.2) is 0 Å². The number of furan rings is 1. The van der Waals surface area contributed by atoms with Crippen LogP contribution in [0.2, 0.25) is 0 Å². The van der Waals surface area contributed by atoms with Crippen LogP contribution in [0.3, 0.4) is 0 Å². The topological polar surface area (TPSA) is 75.4 Å². The van der Waals surface area contributed by atoms with Crippen molar-refractivity contribution in [3.05, 3.63) is 106 Å². The first kappa shape index (κ1) is 23.6. The van der Waals surface area contributed by atoms with Crippen molar-refractivity contribution >= 4 is 23.7 Å². The van der Waals surface area contributed by atoms with Gasteiger partial charge < -0.3 is 14.6 Å². The molecule has 6 heteroatoms. The lowest BCUT2D eigenvalue weighted by atomic mass is 9.98. The van der Waals surface area contributed by atoms with E-state index in [2.05, 4.69) is 52.5 Å². The number of pyridine rings is 1. The van der Waals surface area contributed by atoms with Gasteiger partial charge in [-0.2, -0.15) is 0 Å². The summed E-state index contributed by atoms with van der Waals surface area (Å²) < 4.78 is 5.42. The number of hydrogen-bond donors (Lipinski definition) is 1. The van der Waals surface area contributed by atoms with Gasteiger partial charge in [-0.15, -0.1) is 5.73 Å². The van der Waals surface area contributed by atoms with Crippen LogP contribution in [0.5, 0.6) is 0 Å². The predicted octanol–water partition coefficient (Wildman–Crippen LogP) is 5.56. The highest BCUT2D eigenvalue weighted by molar-refractivity contribution is 6.04. The van der Waals surface area contributed by atoms with Crippen LogP contribution in [0.25, 0.3) is 6.08 Å². The Morgan fingerprint density at radius 2 is 2.11 bits per heavy atom. The Morgan fingerprint density at radius 3 is 2.86 bits per heavy atom. The average Bonchev–Trinajstić information content (AvgIpc) is 3.51. The van der Waals surface area contributed by atoms with Crippen molar-refractivity contribution in [3.8, 4) is 0 Å². The molecular formula is C30H29N3O3. The Hall–Kier alpha value is -4.15. The molecule has 1 fully saturated rings. The zero-order valence-corrected chi connectivity index (χ0v) is 20.5. The van der Waals surface area contributed by atoms with E-state index < -0.39 is 0 Å². The number of amides is 2. The Balaban J connectivity index is 1.16. The van der Waals surface area contributed by atoms with Gasteiger partial charge in [-0.05, 0) is 86.1 Å². The fourth-order valence-corrected chi connectivity index (χ4v) is 4.97. The van der Waals surface area contributed by atoms with Gasteiger partial charge in [0.25, 0.3) is 5.91 Å². The van der Waals surface area contributed by atoms with Crippen molar-refractivity contribution in [2.75, 3.05) is 18.4 Å². The van der Waals surface area contributed by atoms with Crippen molar-refractivity contribution in [1.29, 1.82) is 0 Å². The second-order valence-electron chi connectivity index (χ2n) is 9.44. The minimum atomic E-state index is -0.262. The summed E-state index contributed by atoms with van der Waals surface area (Å²) in [5.41, 5.74) is 7.20. The molecule has 0 radical (unpaired) electrons. The summed E-state index contributed by atoms with van der Waals surface area (Å²) in [5, 5.41) is 2.78. The van der Waals surface area contributed by atoms with Crippen LogP contribution in [0.4, 0.5) is 5.82 Å². The lowest BCUT2D eigenvalue weighted by molar-refractivity contribution is -0.125. The first-order chi connectivity index (χ1) is 17.5. The van der Waals surface area contributed by atoms with Crippen LogP contribution in [0.15, 0.2) is 88.2 Å². The highest BCUT2D eigenvalue weighted by atomic mass is 16.3. The van der Waals surface area contributed by atoms with Gasteiger partial charge in [0.05, 0.1) is 5.56 Å². The molecule has 5 rings (SSSR count). The minimum Gasteiger partial charge on any atom is -0.466 e. The minimum absolute atomic E-state index is 0.0117. The second kappa shape index (κ2) is 10.2. The Kier molecular flexibility index (Phi) is 6.70. The van der Waals surface area contributed by atoms with Gasteiger partial charge in [-0.1, -0.05) is 24.3 Å². The van der Waals surface area contributed by atoms with Gasteiger partial charge in [-0.3, -0.25) is 9.59 Å². The number of anilines is 1. The van der Waals surface area contributed by atoms with E-state index in [9.17, 15) is 9.59 Å². The standard InChI is InChI=1S/C30H29N3O3/c1-20-14-27(21(2)36-20)30(35)32-28-12-10-22(17-31-28)11-13-29(34)33-18-25-15-24(16-26(25)19-33)23-8-6-4-3-5-7-9-23/h3-4,6-8,10-15,17,25-26H,5,16,18-19H2,1-2H3,(H,31,32,35)/b4-3-,8-6-,13-11+. The van der Waals surface area contributed by atoms with Crippen LogP contribution < -0.4 is 5.32 Å². The number of allylic oxidation sites excluding steroid dienone is 6. The number of aryl methyl sites for hydroxylation is 2. The zero-order chi connectivity index (χ0) is 25.1. The molecule has 0 aromatic carbocycles. The third kappa shape index (κ3) is 5.24. The molecule has 2 aliphatic carbocycles. The van der Waals surface area contributed by atoms with Crippen molar-refractivity contribution in [3.63, 3.8) is 0 Å². The maximum absolute atomic E-state index is 12.8. The quantitative estimate of drug-likeness (QED) is 0.450. The van der Waals surface area contributed by atoms with Gasteiger partial charge in [0, 0.05) is 30.9 Å². The monoisotopic (exact) mass is 479 g/mol. The van der Waals surface area contributed by atoms with Crippen LogP contribution in [-0.2, 0) is 4.79 Å². The molecule has 1 N–H and O–H groups in total. The SMILES string of the molecule is Cc1cc(C(=O)Nc2ccc(/C=C/C(=O)N3CC4C=C(C5=C=CC/C=C\C=C/5)CC4C3)cn2)c(C)o1. The van der Waals surface area contributed by atoms with E-state index in [0.717, 1.165) is 37.1 Å². The molecule has 2 atom stereocenters. The molecule has 2 amide bonds. The number of aromatic nitrogens is 1. The number of nitrogens with zero attached hydrogens (tertiary/aromatic N) is 2. The van der Waals surface area contributed by atoms with E-state index in [1.807, 2.05) is 11.0 Å². The highest BCUT2D eigenvalue weighted by Gasteiger charge is 2.38. The van der Waals surface area contributed by atoms with Crippen LogP contribution in [-0.4, -0.2) is 34.8 Å². The molecule has 36 heavy (non-hydrogen) atoms. The second-order valence-corrected chi connectivity index (χ2v) is 9.44. The molecule has 2 aromatic heterocycles. The van der Waals surface area contributed by atoms with Crippen molar-refractivity contribution in [2.24, 2.45) is 11.8 Å². The third-order valence-electron chi connectivity index (χ3n) is 6.80. The summed E-state index contributed by atoms with van der Waals surface area (Å²) in [7, 11) is 0. The van der Waals surface area contributed by atoms with Gasteiger partial charge in [-0.25, -0.2) is 4.98 Å². The largest absolute Gasteiger partial charge is 0.466 e. The van der Waals surface area contributed by atoms with Crippen LogP contribution >= 0.6 is 0 Å². The molecule has 6 nitrogen and oxygen atoms in total. The smallest absolute Gasteiger partial charge is 0.260 e. The Bertz CT molecular complexity index is 1360. The van der Waals surface area contributed by atoms with E-state index in [1.165, 1.54) is 5.57 Å². The van der Waals surface area contributed by atoms with E-state index in [-0.39, 0.29) is 11.8 Å². The lowest BCUT2D eigenvalue weighted by Crippen LogP contribution is -2.27.